The second kappa shape index (κ2) is 6.44. The molecule has 0 aromatic carbocycles. The van der Waals surface area contributed by atoms with Gasteiger partial charge in [0.05, 0.1) is 0 Å². The Morgan fingerprint density at radius 3 is 2.88 bits per heavy atom. The molecule has 0 bridgehead atoms. The van der Waals surface area contributed by atoms with Crippen LogP contribution in [-0.4, -0.2) is 60.1 Å². The van der Waals surface area contributed by atoms with Crippen molar-refractivity contribution in [3.63, 3.8) is 0 Å². The van der Waals surface area contributed by atoms with Crippen molar-refractivity contribution in [2.75, 3.05) is 38.2 Å². The predicted molar refractivity (Wildman–Crippen MR) is 77.8 cm³/mol. The van der Waals surface area contributed by atoms with Crippen molar-refractivity contribution >= 4 is 11.8 Å². The first-order chi connectivity index (χ1) is 8.24. The van der Waals surface area contributed by atoms with Crippen LogP contribution in [0.1, 0.15) is 33.1 Å². The van der Waals surface area contributed by atoms with Crippen LogP contribution in [0.25, 0.3) is 0 Å². The molecule has 0 aromatic heterocycles. The smallest absolute Gasteiger partial charge is 0.0224 e. The van der Waals surface area contributed by atoms with Crippen molar-refractivity contribution < 1.29 is 0 Å². The summed E-state index contributed by atoms with van der Waals surface area (Å²) in [6, 6.07) is 1.69. The average Bonchev–Trinajstić information content (AvgIpc) is 2.75. The highest BCUT2D eigenvalue weighted by atomic mass is 32.2. The van der Waals surface area contributed by atoms with Gasteiger partial charge in [-0.05, 0) is 43.7 Å². The Bertz CT molecular complexity index is 234. The number of fused-ring (bicyclic) bond motifs is 1. The number of piperazine rings is 1. The van der Waals surface area contributed by atoms with Crippen LogP contribution in [0.15, 0.2) is 0 Å². The van der Waals surface area contributed by atoms with E-state index in [0.717, 1.165) is 18.0 Å². The maximum Gasteiger partial charge on any atom is 0.0224 e. The first kappa shape index (κ1) is 13.7. The zero-order valence-corrected chi connectivity index (χ0v) is 12.5. The van der Waals surface area contributed by atoms with Crippen LogP contribution < -0.4 is 0 Å². The Hall–Kier alpha value is 0.270. The summed E-state index contributed by atoms with van der Waals surface area (Å²) in [5, 5.41) is 0. The van der Waals surface area contributed by atoms with Gasteiger partial charge in [-0.25, -0.2) is 0 Å². The monoisotopic (exact) mass is 256 g/mol. The minimum absolute atomic E-state index is 0.814. The number of hydrogen-bond acceptors (Lipinski definition) is 3. The van der Waals surface area contributed by atoms with Gasteiger partial charge in [0.25, 0.3) is 0 Å². The Morgan fingerprint density at radius 2 is 2.18 bits per heavy atom. The molecule has 2 nitrogen and oxygen atoms in total. The fourth-order valence-electron chi connectivity index (χ4n) is 3.50. The normalized spacial score (nSPS) is 32.6. The predicted octanol–water partition coefficient (Wildman–Crippen LogP) is 2.54. The standard InChI is InChI=1S/C14H28N2S/c1-4-13-9-15-7-5-6-14(15)10-16(13)8-12(2)11-17-3/h12-14H,4-11H2,1-3H3. The van der Waals surface area contributed by atoms with Gasteiger partial charge in [0, 0.05) is 31.7 Å². The molecule has 0 radical (unpaired) electrons. The number of rotatable bonds is 5. The molecule has 100 valence electrons. The lowest BCUT2D eigenvalue weighted by atomic mass is 10.0. The molecule has 0 amide bonds. The minimum atomic E-state index is 0.814. The molecule has 3 heteroatoms. The Kier molecular flexibility index (Phi) is 5.19. The van der Waals surface area contributed by atoms with Crippen LogP contribution in [0.5, 0.6) is 0 Å². The van der Waals surface area contributed by atoms with Crippen LogP contribution in [-0.2, 0) is 0 Å². The van der Waals surface area contributed by atoms with Crippen LogP contribution >= 0.6 is 11.8 Å². The lowest BCUT2D eigenvalue weighted by molar-refractivity contribution is 0.0419. The molecule has 3 atom stereocenters. The fourth-order valence-corrected chi connectivity index (χ4v) is 4.17. The topological polar surface area (TPSA) is 6.48 Å². The van der Waals surface area contributed by atoms with Crippen molar-refractivity contribution in [2.24, 2.45) is 5.92 Å². The Balaban J connectivity index is 1.90. The van der Waals surface area contributed by atoms with E-state index in [1.165, 1.54) is 51.2 Å². The average molecular weight is 256 g/mol. The molecule has 2 aliphatic heterocycles. The summed E-state index contributed by atoms with van der Waals surface area (Å²) in [5.41, 5.74) is 0. The second-order valence-electron chi connectivity index (χ2n) is 5.87. The van der Waals surface area contributed by atoms with E-state index in [-0.39, 0.29) is 0 Å². The molecule has 0 saturated carbocycles. The van der Waals surface area contributed by atoms with Crippen molar-refractivity contribution in [2.45, 2.75) is 45.2 Å². The van der Waals surface area contributed by atoms with Gasteiger partial charge in [-0.1, -0.05) is 13.8 Å². The van der Waals surface area contributed by atoms with E-state index in [0.29, 0.717) is 0 Å². The third-order valence-corrected chi connectivity index (χ3v) is 5.28. The van der Waals surface area contributed by atoms with Crippen LogP contribution in [0.2, 0.25) is 0 Å². The summed E-state index contributed by atoms with van der Waals surface area (Å²) in [6.45, 7) is 10.1. The van der Waals surface area contributed by atoms with E-state index in [2.05, 4.69) is 29.9 Å². The molecule has 0 aliphatic carbocycles. The van der Waals surface area contributed by atoms with Crippen molar-refractivity contribution in [3.05, 3.63) is 0 Å². The molecule has 3 unspecified atom stereocenters. The van der Waals surface area contributed by atoms with Crippen molar-refractivity contribution in [1.29, 1.82) is 0 Å². The summed E-state index contributed by atoms with van der Waals surface area (Å²) in [5.74, 6) is 2.15. The number of nitrogens with zero attached hydrogens (tertiary/aromatic N) is 2. The fraction of sp³-hybridized carbons (Fsp3) is 1.00. The number of thioether (sulfide) groups is 1. The van der Waals surface area contributed by atoms with E-state index < -0.39 is 0 Å². The zero-order valence-electron chi connectivity index (χ0n) is 11.7. The molecular formula is C14H28N2S. The molecule has 2 rings (SSSR count). The van der Waals surface area contributed by atoms with Gasteiger partial charge in [0.1, 0.15) is 0 Å². The summed E-state index contributed by atoms with van der Waals surface area (Å²) in [4.78, 5) is 5.53. The molecule has 0 aromatic rings. The SMILES string of the molecule is CCC1CN2CCCC2CN1CC(C)CSC. The van der Waals surface area contributed by atoms with Crippen molar-refractivity contribution in [3.8, 4) is 0 Å². The largest absolute Gasteiger partial charge is 0.298 e. The van der Waals surface area contributed by atoms with Gasteiger partial charge < -0.3 is 0 Å². The molecule has 17 heavy (non-hydrogen) atoms. The first-order valence-corrected chi connectivity index (χ1v) is 8.61. The van der Waals surface area contributed by atoms with E-state index in [1.54, 1.807) is 0 Å². The van der Waals surface area contributed by atoms with E-state index in [4.69, 9.17) is 0 Å². The molecule has 2 fully saturated rings. The van der Waals surface area contributed by atoms with Crippen LogP contribution in [0.3, 0.4) is 0 Å². The molecule has 0 spiro atoms. The lowest BCUT2D eigenvalue weighted by Gasteiger charge is -2.44. The van der Waals surface area contributed by atoms with E-state index in [9.17, 15) is 0 Å². The van der Waals surface area contributed by atoms with Gasteiger partial charge in [-0.3, -0.25) is 9.80 Å². The Morgan fingerprint density at radius 1 is 1.35 bits per heavy atom. The molecular weight excluding hydrogens is 228 g/mol. The van der Waals surface area contributed by atoms with Gasteiger partial charge in [-0.15, -0.1) is 0 Å². The molecule has 2 heterocycles. The first-order valence-electron chi connectivity index (χ1n) is 7.21. The van der Waals surface area contributed by atoms with Crippen LogP contribution in [0.4, 0.5) is 0 Å². The van der Waals surface area contributed by atoms with Gasteiger partial charge in [-0.2, -0.15) is 11.8 Å². The lowest BCUT2D eigenvalue weighted by Crippen LogP contribution is -2.56. The molecule has 2 aliphatic rings. The third kappa shape index (κ3) is 3.39. The van der Waals surface area contributed by atoms with E-state index in [1.807, 2.05) is 11.8 Å². The quantitative estimate of drug-likeness (QED) is 0.746. The third-order valence-electron chi connectivity index (χ3n) is 4.37. The molecule has 2 saturated heterocycles. The highest BCUT2D eigenvalue weighted by Gasteiger charge is 2.35. The summed E-state index contributed by atoms with van der Waals surface area (Å²) in [7, 11) is 0. The van der Waals surface area contributed by atoms with Gasteiger partial charge in [0.2, 0.25) is 0 Å². The van der Waals surface area contributed by atoms with Gasteiger partial charge in [0.15, 0.2) is 0 Å². The number of hydrogen-bond donors (Lipinski definition) is 0. The van der Waals surface area contributed by atoms with Gasteiger partial charge >= 0.3 is 0 Å². The van der Waals surface area contributed by atoms with Crippen molar-refractivity contribution in [1.82, 2.24) is 9.80 Å². The van der Waals surface area contributed by atoms with Crippen LogP contribution in [0, 0.1) is 5.92 Å². The highest BCUT2D eigenvalue weighted by molar-refractivity contribution is 7.98. The molecule has 0 N–H and O–H groups in total. The zero-order chi connectivity index (χ0) is 12.3. The summed E-state index contributed by atoms with van der Waals surface area (Å²) < 4.78 is 0. The second-order valence-corrected chi connectivity index (χ2v) is 6.78. The maximum absolute atomic E-state index is 2.79. The van der Waals surface area contributed by atoms with E-state index >= 15 is 0 Å². The highest BCUT2D eigenvalue weighted by Crippen LogP contribution is 2.26. The maximum atomic E-state index is 2.79. The summed E-state index contributed by atoms with van der Waals surface area (Å²) >= 11 is 1.99. The minimum Gasteiger partial charge on any atom is -0.298 e. The summed E-state index contributed by atoms with van der Waals surface area (Å²) in [6.07, 6.45) is 6.40. The Labute approximate surface area is 111 Å².